The zero-order valence-corrected chi connectivity index (χ0v) is 20.5. The van der Waals surface area contributed by atoms with E-state index < -0.39 is 41.7 Å². The summed E-state index contributed by atoms with van der Waals surface area (Å²) in [5.41, 5.74) is 2.01. The Morgan fingerprint density at radius 2 is 1.59 bits per heavy atom. The van der Waals surface area contributed by atoms with E-state index in [1.165, 1.54) is 26.0 Å². The van der Waals surface area contributed by atoms with Crippen molar-refractivity contribution < 1.29 is 41.7 Å². The number of hydrogen-bond donors (Lipinski definition) is 0. The minimum Gasteiger partial charge on any atom is -0.711 e. The van der Waals surface area contributed by atoms with Gasteiger partial charge < -0.3 is 19.4 Å². The number of rotatable bonds is 6. The number of aromatic nitrogens is 2. The number of carbonyl (C=O) groups is 2. The summed E-state index contributed by atoms with van der Waals surface area (Å²) in [5.74, 6) is -6.59. The van der Waals surface area contributed by atoms with Crippen LogP contribution in [0.3, 0.4) is 0 Å². The highest BCUT2D eigenvalue weighted by Gasteiger charge is 2.52. The third-order valence-corrected chi connectivity index (χ3v) is 6.19. The second kappa shape index (κ2) is 9.45. The van der Waals surface area contributed by atoms with Gasteiger partial charge in [0, 0.05) is 27.7 Å². The first kappa shape index (κ1) is 26.1. The van der Waals surface area contributed by atoms with Crippen LogP contribution in [0.2, 0.25) is 0 Å². The van der Waals surface area contributed by atoms with Gasteiger partial charge in [0.1, 0.15) is 29.6 Å². The lowest BCUT2D eigenvalue weighted by molar-refractivity contribution is -0.621. The molecular formula is C26H25F3N2O6. The highest BCUT2D eigenvalue weighted by atomic mass is 19.4. The first-order valence-corrected chi connectivity index (χ1v) is 11.4. The van der Waals surface area contributed by atoms with Crippen molar-refractivity contribution in [2.24, 2.45) is 5.92 Å². The van der Waals surface area contributed by atoms with Gasteiger partial charge in [-0.05, 0) is 23.3 Å². The molecule has 37 heavy (non-hydrogen) atoms. The number of alkyl halides is 3. The van der Waals surface area contributed by atoms with E-state index in [1.54, 1.807) is 18.4 Å². The van der Waals surface area contributed by atoms with Gasteiger partial charge >= 0.3 is 18.3 Å². The second-order valence-electron chi connectivity index (χ2n) is 9.21. The summed E-state index contributed by atoms with van der Waals surface area (Å²) < 4.78 is 55.0. The van der Waals surface area contributed by atoms with Crippen LogP contribution in [0.1, 0.15) is 48.1 Å². The first-order valence-electron chi connectivity index (χ1n) is 11.4. The summed E-state index contributed by atoms with van der Waals surface area (Å²) in [6.07, 6.45) is -4.90. The zero-order chi connectivity index (χ0) is 27.1. The molecule has 196 valence electrons. The molecule has 0 amide bonds. The fourth-order valence-corrected chi connectivity index (χ4v) is 4.42. The van der Waals surface area contributed by atoms with Crippen LogP contribution in [0.25, 0.3) is 0 Å². The summed E-state index contributed by atoms with van der Waals surface area (Å²) in [6.45, 7) is 6.38. The molecule has 2 heterocycles. The van der Waals surface area contributed by atoms with E-state index in [0.717, 1.165) is 17.7 Å². The van der Waals surface area contributed by atoms with Gasteiger partial charge in [0.25, 0.3) is 11.6 Å². The Balaban J connectivity index is 1.88. The highest BCUT2D eigenvalue weighted by Crippen LogP contribution is 2.39. The highest BCUT2D eigenvalue weighted by molar-refractivity contribution is 5.98. The summed E-state index contributed by atoms with van der Waals surface area (Å²) >= 11 is 0. The van der Waals surface area contributed by atoms with Crippen molar-refractivity contribution in [3.05, 3.63) is 88.1 Å². The van der Waals surface area contributed by atoms with Gasteiger partial charge in [0.15, 0.2) is 5.92 Å². The molecule has 0 spiro atoms. The molecule has 1 fully saturated rings. The molecule has 0 aliphatic carbocycles. The molecule has 0 N–H and O–H groups in total. The largest absolute Gasteiger partial charge is 0.711 e. The molecule has 0 unspecified atom stereocenters. The SMILES string of the molecule is Cc1c(C)[n+]([O-])c([C@@H](c2ccc(OC(F)(F)F)cc2)C2C(=O)OC(C)(C)OC2=O)n1Cc1ccccc1. The number of esters is 2. The first-order chi connectivity index (χ1) is 17.3. The molecule has 1 aliphatic heterocycles. The predicted molar refractivity (Wildman–Crippen MR) is 123 cm³/mol. The van der Waals surface area contributed by atoms with Gasteiger partial charge in [-0.25, -0.2) is 9.30 Å². The van der Waals surface area contributed by atoms with Gasteiger partial charge in [0.2, 0.25) is 0 Å². The molecule has 3 aromatic rings. The van der Waals surface area contributed by atoms with E-state index in [-0.39, 0.29) is 17.9 Å². The van der Waals surface area contributed by atoms with E-state index >= 15 is 0 Å². The molecule has 4 rings (SSSR count). The van der Waals surface area contributed by atoms with Crippen LogP contribution < -0.4 is 9.47 Å². The van der Waals surface area contributed by atoms with E-state index in [1.807, 2.05) is 30.3 Å². The summed E-state index contributed by atoms with van der Waals surface area (Å²) in [4.78, 5) is 26.2. The molecule has 0 radical (unpaired) electrons. The summed E-state index contributed by atoms with van der Waals surface area (Å²) in [5, 5.41) is 13.5. The Hall–Kier alpha value is -4.02. The van der Waals surface area contributed by atoms with E-state index in [0.29, 0.717) is 16.1 Å². The number of cyclic esters (lactones) is 2. The van der Waals surface area contributed by atoms with Crippen LogP contribution in [0.4, 0.5) is 13.2 Å². The minimum absolute atomic E-state index is 0.0435. The molecule has 1 aromatic heterocycles. The van der Waals surface area contributed by atoms with Crippen molar-refractivity contribution in [3.63, 3.8) is 0 Å². The monoisotopic (exact) mass is 518 g/mol. The third-order valence-electron chi connectivity index (χ3n) is 6.19. The lowest BCUT2D eigenvalue weighted by Gasteiger charge is -2.35. The fourth-order valence-electron chi connectivity index (χ4n) is 4.42. The number of carbonyl (C=O) groups excluding carboxylic acids is 2. The molecule has 0 saturated carbocycles. The molecule has 0 bridgehead atoms. The van der Waals surface area contributed by atoms with Crippen molar-refractivity contribution in [2.45, 2.75) is 52.3 Å². The maximum atomic E-state index is 13.5. The van der Waals surface area contributed by atoms with E-state index in [2.05, 4.69) is 4.74 Å². The van der Waals surface area contributed by atoms with Crippen LogP contribution in [0, 0.1) is 25.0 Å². The van der Waals surface area contributed by atoms with Crippen molar-refractivity contribution in [3.8, 4) is 5.75 Å². The van der Waals surface area contributed by atoms with E-state index in [9.17, 15) is 28.0 Å². The normalized spacial score (nSPS) is 16.7. The van der Waals surface area contributed by atoms with Crippen molar-refractivity contribution in [1.82, 2.24) is 4.57 Å². The lowest BCUT2D eigenvalue weighted by Crippen LogP contribution is -2.50. The standard InChI is InChI=1S/C26H25F3N2O6/c1-15-16(2)31(34)22(30(15)14-17-8-6-5-7-9-17)20(21-23(32)36-25(3,4)37-24(21)33)18-10-12-19(13-11-18)35-26(27,28)29/h5-13,20-21H,14H2,1-4H3/t20-/m0/s1. The average Bonchev–Trinajstić information content (AvgIpc) is 2.99. The number of imidazole rings is 1. The van der Waals surface area contributed by atoms with Crippen molar-refractivity contribution in [2.75, 3.05) is 0 Å². The predicted octanol–water partition coefficient (Wildman–Crippen LogP) is 4.27. The van der Waals surface area contributed by atoms with Crippen LogP contribution in [0.15, 0.2) is 54.6 Å². The second-order valence-corrected chi connectivity index (χ2v) is 9.21. The third kappa shape index (κ3) is 5.40. The van der Waals surface area contributed by atoms with Gasteiger partial charge in [-0.3, -0.25) is 9.59 Å². The lowest BCUT2D eigenvalue weighted by atomic mass is 9.84. The minimum atomic E-state index is -4.90. The van der Waals surface area contributed by atoms with Gasteiger partial charge in [-0.2, -0.15) is 0 Å². The Morgan fingerprint density at radius 1 is 1.03 bits per heavy atom. The molecule has 1 atom stereocenters. The number of halogens is 3. The molecule has 1 saturated heterocycles. The average molecular weight is 518 g/mol. The van der Waals surface area contributed by atoms with Gasteiger partial charge in [-0.1, -0.05) is 42.5 Å². The van der Waals surface area contributed by atoms with Crippen LogP contribution >= 0.6 is 0 Å². The maximum absolute atomic E-state index is 13.5. The Kier molecular flexibility index (Phi) is 6.66. The van der Waals surface area contributed by atoms with Crippen LogP contribution in [-0.4, -0.2) is 28.7 Å². The van der Waals surface area contributed by atoms with Gasteiger partial charge in [-0.15, -0.1) is 13.2 Å². The van der Waals surface area contributed by atoms with Crippen molar-refractivity contribution >= 4 is 11.9 Å². The molecule has 8 nitrogen and oxygen atoms in total. The summed E-state index contributed by atoms with van der Waals surface area (Å²) in [6, 6.07) is 13.9. The Labute approximate surface area is 210 Å². The summed E-state index contributed by atoms with van der Waals surface area (Å²) in [7, 11) is 0. The number of nitrogens with zero attached hydrogens (tertiary/aromatic N) is 2. The number of benzene rings is 2. The van der Waals surface area contributed by atoms with Crippen LogP contribution in [-0.2, 0) is 25.6 Å². The Bertz CT molecular complexity index is 1300. The van der Waals surface area contributed by atoms with Gasteiger partial charge in [0.05, 0.1) is 0 Å². The maximum Gasteiger partial charge on any atom is 0.573 e. The Morgan fingerprint density at radius 3 is 2.14 bits per heavy atom. The number of hydrogen-bond acceptors (Lipinski definition) is 6. The molecular weight excluding hydrogens is 493 g/mol. The fraction of sp³-hybridized carbons (Fsp3) is 0.346. The van der Waals surface area contributed by atoms with E-state index in [4.69, 9.17) is 9.47 Å². The quantitative estimate of drug-likeness (QED) is 0.209. The molecule has 1 aliphatic rings. The smallest absolute Gasteiger partial charge is 0.573 e. The number of ether oxygens (including phenoxy) is 3. The topological polar surface area (TPSA) is 93.7 Å². The molecule has 11 heteroatoms. The van der Waals surface area contributed by atoms with Crippen molar-refractivity contribution in [1.29, 1.82) is 0 Å². The molecule has 2 aromatic carbocycles. The van der Waals surface area contributed by atoms with Crippen LogP contribution in [0.5, 0.6) is 5.75 Å². The zero-order valence-electron chi connectivity index (χ0n) is 20.5.